The molecular formula is C15H18OSSi. The zero-order valence-electron chi connectivity index (χ0n) is 11.3. The van der Waals surface area contributed by atoms with Gasteiger partial charge in [0.15, 0.2) is 0 Å². The number of ether oxygens (including phenoxy) is 1. The van der Waals surface area contributed by atoms with Crippen LogP contribution in [-0.2, 0) is 11.3 Å². The minimum Gasteiger partial charge on any atom is -0.379 e. The van der Waals surface area contributed by atoms with Crippen LogP contribution in [0.4, 0.5) is 0 Å². The molecule has 2 rings (SSSR count). The predicted molar refractivity (Wildman–Crippen MR) is 82.8 cm³/mol. The molecule has 0 saturated heterocycles. The summed E-state index contributed by atoms with van der Waals surface area (Å²) in [6.07, 6.45) is 0. The van der Waals surface area contributed by atoms with Gasteiger partial charge in [-0.05, 0) is 6.07 Å². The van der Waals surface area contributed by atoms with Crippen molar-refractivity contribution in [3.63, 3.8) is 0 Å². The SMILES string of the molecule is COCc1sc2ccccc2c1C#C[Si](C)(C)C. The third kappa shape index (κ3) is 3.02. The van der Waals surface area contributed by atoms with E-state index in [4.69, 9.17) is 4.74 Å². The lowest BCUT2D eigenvalue weighted by atomic mass is 10.1. The van der Waals surface area contributed by atoms with Crippen LogP contribution in [0.3, 0.4) is 0 Å². The molecule has 1 nitrogen and oxygen atoms in total. The summed E-state index contributed by atoms with van der Waals surface area (Å²) >= 11 is 1.79. The van der Waals surface area contributed by atoms with Crippen LogP contribution in [0, 0.1) is 11.5 Å². The Morgan fingerprint density at radius 2 is 1.94 bits per heavy atom. The minimum atomic E-state index is -1.34. The van der Waals surface area contributed by atoms with Crippen LogP contribution in [0.5, 0.6) is 0 Å². The Labute approximate surface area is 114 Å². The van der Waals surface area contributed by atoms with Crippen molar-refractivity contribution in [2.24, 2.45) is 0 Å². The van der Waals surface area contributed by atoms with Gasteiger partial charge in [-0.1, -0.05) is 43.8 Å². The van der Waals surface area contributed by atoms with Crippen LogP contribution >= 0.6 is 11.3 Å². The smallest absolute Gasteiger partial charge is 0.129 e. The van der Waals surface area contributed by atoms with E-state index in [0.29, 0.717) is 6.61 Å². The number of rotatable bonds is 2. The number of fused-ring (bicyclic) bond motifs is 1. The number of methoxy groups -OCH3 is 1. The molecule has 2 aromatic rings. The van der Waals surface area contributed by atoms with Crippen LogP contribution < -0.4 is 0 Å². The molecule has 0 aliphatic carbocycles. The molecule has 0 saturated carbocycles. The van der Waals surface area contributed by atoms with E-state index in [1.165, 1.54) is 20.5 Å². The maximum atomic E-state index is 5.28. The largest absolute Gasteiger partial charge is 0.379 e. The molecule has 0 amide bonds. The first-order chi connectivity index (χ1) is 8.51. The fourth-order valence-corrected chi connectivity index (χ4v) is 3.35. The van der Waals surface area contributed by atoms with Gasteiger partial charge in [-0.2, -0.15) is 0 Å². The standard InChI is InChI=1S/C15H18OSSi/c1-16-11-15-13(9-10-18(2,3)4)12-7-5-6-8-14(12)17-15/h5-8H,11H2,1-4H3. The molecule has 1 heterocycles. The summed E-state index contributed by atoms with van der Waals surface area (Å²) < 4.78 is 6.58. The lowest BCUT2D eigenvalue weighted by Crippen LogP contribution is -2.16. The van der Waals surface area contributed by atoms with E-state index in [2.05, 4.69) is 55.4 Å². The normalized spacial score (nSPS) is 11.3. The van der Waals surface area contributed by atoms with E-state index in [-0.39, 0.29) is 0 Å². The molecule has 0 spiro atoms. The fourth-order valence-electron chi connectivity index (χ4n) is 1.72. The summed E-state index contributed by atoms with van der Waals surface area (Å²) in [4.78, 5) is 1.24. The summed E-state index contributed by atoms with van der Waals surface area (Å²) in [6, 6.07) is 8.45. The van der Waals surface area contributed by atoms with Gasteiger partial charge in [-0.25, -0.2) is 0 Å². The zero-order valence-corrected chi connectivity index (χ0v) is 13.1. The van der Waals surface area contributed by atoms with Crippen LogP contribution in [0.2, 0.25) is 19.6 Å². The highest BCUT2D eigenvalue weighted by Crippen LogP contribution is 2.31. The molecule has 0 bridgehead atoms. The Morgan fingerprint density at radius 1 is 1.22 bits per heavy atom. The molecule has 94 valence electrons. The molecular weight excluding hydrogens is 256 g/mol. The minimum absolute atomic E-state index is 0.648. The molecule has 18 heavy (non-hydrogen) atoms. The second-order valence-corrected chi connectivity index (χ2v) is 11.2. The third-order valence-corrected chi connectivity index (χ3v) is 4.53. The fraction of sp³-hybridized carbons (Fsp3) is 0.333. The van der Waals surface area contributed by atoms with E-state index in [9.17, 15) is 0 Å². The van der Waals surface area contributed by atoms with Crippen molar-refractivity contribution in [1.29, 1.82) is 0 Å². The van der Waals surface area contributed by atoms with E-state index < -0.39 is 8.07 Å². The highest BCUT2D eigenvalue weighted by molar-refractivity contribution is 7.19. The topological polar surface area (TPSA) is 9.23 Å². The van der Waals surface area contributed by atoms with Gasteiger partial charge in [-0.15, -0.1) is 16.9 Å². The van der Waals surface area contributed by atoms with E-state index in [0.717, 1.165) is 0 Å². The van der Waals surface area contributed by atoms with Gasteiger partial charge in [0, 0.05) is 27.6 Å². The average molecular weight is 274 g/mol. The number of hydrogen-bond donors (Lipinski definition) is 0. The van der Waals surface area contributed by atoms with Gasteiger partial charge in [0.2, 0.25) is 0 Å². The quantitative estimate of drug-likeness (QED) is 0.587. The Bertz CT molecular complexity index is 611. The van der Waals surface area contributed by atoms with Crippen molar-refractivity contribution in [2.75, 3.05) is 7.11 Å². The van der Waals surface area contributed by atoms with Gasteiger partial charge < -0.3 is 4.74 Å². The van der Waals surface area contributed by atoms with Crippen LogP contribution in [0.1, 0.15) is 10.4 Å². The molecule has 1 aromatic heterocycles. The van der Waals surface area contributed by atoms with E-state index in [1.54, 1.807) is 18.4 Å². The van der Waals surface area contributed by atoms with Crippen molar-refractivity contribution in [3.05, 3.63) is 34.7 Å². The van der Waals surface area contributed by atoms with Crippen LogP contribution in [0.25, 0.3) is 10.1 Å². The van der Waals surface area contributed by atoms with Gasteiger partial charge in [0.1, 0.15) is 8.07 Å². The van der Waals surface area contributed by atoms with E-state index >= 15 is 0 Å². The van der Waals surface area contributed by atoms with Crippen molar-refractivity contribution in [2.45, 2.75) is 26.2 Å². The second-order valence-electron chi connectivity index (χ2n) is 5.33. The highest BCUT2D eigenvalue weighted by atomic mass is 32.1. The summed E-state index contributed by atoms with van der Waals surface area (Å²) in [5, 5.41) is 1.26. The van der Waals surface area contributed by atoms with Gasteiger partial charge >= 0.3 is 0 Å². The maximum absolute atomic E-state index is 5.28. The molecule has 1 aromatic carbocycles. The van der Waals surface area contributed by atoms with Crippen LogP contribution in [-0.4, -0.2) is 15.2 Å². The number of thiophene rings is 1. The van der Waals surface area contributed by atoms with Crippen molar-refractivity contribution >= 4 is 29.5 Å². The Kier molecular flexibility index (Phi) is 3.91. The zero-order chi connectivity index (χ0) is 13.2. The first-order valence-electron chi connectivity index (χ1n) is 6.04. The third-order valence-electron chi connectivity index (χ3n) is 2.51. The Hall–Kier alpha value is -1.08. The molecule has 0 fully saturated rings. The summed E-state index contributed by atoms with van der Waals surface area (Å²) in [7, 11) is 0.392. The lowest BCUT2D eigenvalue weighted by molar-refractivity contribution is 0.187. The Balaban J connectivity index is 2.57. The van der Waals surface area contributed by atoms with Crippen LogP contribution in [0.15, 0.2) is 24.3 Å². The average Bonchev–Trinajstić information content (AvgIpc) is 2.63. The second kappa shape index (κ2) is 5.27. The maximum Gasteiger partial charge on any atom is 0.129 e. The highest BCUT2D eigenvalue weighted by Gasteiger charge is 2.12. The number of hydrogen-bond acceptors (Lipinski definition) is 2. The first kappa shape index (κ1) is 13.4. The summed E-state index contributed by atoms with van der Waals surface area (Å²) in [5.41, 5.74) is 4.62. The van der Waals surface area contributed by atoms with Crippen molar-refractivity contribution < 1.29 is 4.74 Å². The van der Waals surface area contributed by atoms with Crippen molar-refractivity contribution in [1.82, 2.24) is 0 Å². The molecule has 0 aliphatic rings. The molecule has 0 atom stereocenters. The van der Waals surface area contributed by atoms with Gasteiger partial charge in [0.05, 0.1) is 6.61 Å². The molecule has 3 heteroatoms. The molecule has 0 radical (unpaired) electrons. The molecule has 0 unspecified atom stereocenters. The molecule has 0 aliphatic heterocycles. The predicted octanol–water partition coefficient (Wildman–Crippen LogP) is 4.28. The summed E-state index contributed by atoms with van der Waals surface area (Å²) in [5.74, 6) is 3.40. The summed E-state index contributed by atoms with van der Waals surface area (Å²) in [6.45, 7) is 7.45. The van der Waals surface area contributed by atoms with E-state index in [1.807, 2.05) is 0 Å². The number of benzene rings is 1. The van der Waals surface area contributed by atoms with Gasteiger partial charge in [-0.3, -0.25) is 0 Å². The van der Waals surface area contributed by atoms with Gasteiger partial charge in [0.25, 0.3) is 0 Å². The monoisotopic (exact) mass is 274 g/mol. The first-order valence-corrected chi connectivity index (χ1v) is 10.4. The molecule has 0 N–H and O–H groups in total. The lowest BCUT2D eigenvalue weighted by Gasteiger charge is -2.04. The Morgan fingerprint density at radius 3 is 2.61 bits per heavy atom. The van der Waals surface area contributed by atoms with Crippen molar-refractivity contribution in [3.8, 4) is 11.5 Å².